The van der Waals surface area contributed by atoms with Gasteiger partial charge in [0.2, 0.25) is 0 Å². The maximum atomic E-state index is 9.57. The molecule has 2 fully saturated rings. The van der Waals surface area contributed by atoms with Crippen molar-refractivity contribution in [2.75, 3.05) is 0 Å². The van der Waals surface area contributed by atoms with Crippen LogP contribution in [0.15, 0.2) is 0 Å². The van der Waals surface area contributed by atoms with Crippen molar-refractivity contribution >= 4 is 0 Å². The Morgan fingerprint density at radius 3 is 2.50 bits per heavy atom. The average molecular weight is 174 g/mol. The van der Waals surface area contributed by atoms with Crippen LogP contribution in [0, 0.1) is 0 Å². The zero-order valence-corrected chi connectivity index (χ0v) is 7.48. The van der Waals surface area contributed by atoms with Crippen LogP contribution in [0.4, 0.5) is 0 Å². The van der Waals surface area contributed by atoms with E-state index in [-0.39, 0.29) is 12.2 Å². The Balaban J connectivity index is 2.11. The molecule has 0 amide bonds. The van der Waals surface area contributed by atoms with Crippen molar-refractivity contribution < 1.29 is 19.3 Å². The molecule has 0 saturated carbocycles. The number of aliphatic hydroxyl groups is 1. The molecule has 2 rings (SSSR count). The third-order valence-electron chi connectivity index (χ3n) is 2.25. The van der Waals surface area contributed by atoms with Gasteiger partial charge in [0.1, 0.15) is 12.2 Å². The fraction of sp³-hybridized carbons (Fsp3) is 1.00. The van der Waals surface area contributed by atoms with E-state index in [9.17, 15) is 5.11 Å². The van der Waals surface area contributed by atoms with E-state index in [1.54, 1.807) is 0 Å². The van der Waals surface area contributed by atoms with E-state index in [1.807, 2.05) is 20.8 Å². The Kier molecular flexibility index (Phi) is 1.70. The highest BCUT2D eigenvalue weighted by atomic mass is 16.8. The van der Waals surface area contributed by atoms with E-state index < -0.39 is 18.2 Å². The molecule has 0 radical (unpaired) electrons. The van der Waals surface area contributed by atoms with Crippen LogP contribution in [0.3, 0.4) is 0 Å². The monoisotopic (exact) mass is 174 g/mol. The highest BCUT2D eigenvalue weighted by Crippen LogP contribution is 2.36. The highest BCUT2D eigenvalue weighted by molar-refractivity contribution is 4.90. The number of hydrogen-bond donors (Lipinski definition) is 1. The number of hydrogen-bond acceptors (Lipinski definition) is 4. The third-order valence-corrected chi connectivity index (χ3v) is 2.25. The van der Waals surface area contributed by atoms with Crippen LogP contribution in [-0.4, -0.2) is 35.5 Å². The lowest BCUT2D eigenvalue weighted by atomic mass is 10.2. The quantitative estimate of drug-likeness (QED) is 0.571. The minimum Gasteiger partial charge on any atom is -0.387 e. The molecule has 1 N–H and O–H groups in total. The Labute approximate surface area is 71.4 Å². The van der Waals surface area contributed by atoms with Gasteiger partial charge in [0.25, 0.3) is 0 Å². The molecule has 2 aliphatic rings. The standard InChI is InChI=1S/C8H14O4/c1-4-5(9)6-7(10-4)12-8(2,3)11-6/h4-7,9H,1-3H3/t4-,5+,6-,7-/m1/s1. The minimum absolute atomic E-state index is 0.198. The van der Waals surface area contributed by atoms with Crippen molar-refractivity contribution in [3.63, 3.8) is 0 Å². The van der Waals surface area contributed by atoms with Gasteiger partial charge in [0, 0.05) is 0 Å². The van der Waals surface area contributed by atoms with Crippen molar-refractivity contribution in [3.8, 4) is 0 Å². The number of rotatable bonds is 0. The molecule has 4 nitrogen and oxygen atoms in total. The lowest BCUT2D eigenvalue weighted by Crippen LogP contribution is -2.33. The molecule has 12 heavy (non-hydrogen) atoms. The van der Waals surface area contributed by atoms with Crippen molar-refractivity contribution in [2.45, 2.75) is 51.2 Å². The molecule has 0 spiro atoms. The first-order valence-corrected chi connectivity index (χ1v) is 4.19. The van der Waals surface area contributed by atoms with Crippen molar-refractivity contribution in [3.05, 3.63) is 0 Å². The molecule has 0 unspecified atom stereocenters. The summed E-state index contributed by atoms with van der Waals surface area (Å²) in [6, 6.07) is 0. The summed E-state index contributed by atoms with van der Waals surface area (Å²) < 4.78 is 16.2. The normalized spacial score (nSPS) is 51.0. The summed E-state index contributed by atoms with van der Waals surface area (Å²) in [5, 5.41) is 9.57. The van der Waals surface area contributed by atoms with E-state index in [4.69, 9.17) is 14.2 Å². The number of ether oxygens (including phenoxy) is 3. The summed E-state index contributed by atoms with van der Waals surface area (Å²) in [4.78, 5) is 0. The molecule has 2 aliphatic heterocycles. The molecular formula is C8H14O4. The predicted molar refractivity (Wildman–Crippen MR) is 40.4 cm³/mol. The first-order chi connectivity index (χ1) is 5.49. The molecule has 0 bridgehead atoms. The van der Waals surface area contributed by atoms with Gasteiger partial charge in [0.05, 0.1) is 6.10 Å². The second-order valence-electron chi connectivity index (χ2n) is 3.80. The summed E-state index contributed by atoms with van der Waals surface area (Å²) in [6.07, 6.45) is -1.49. The summed E-state index contributed by atoms with van der Waals surface area (Å²) in [5.74, 6) is -0.629. The van der Waals surface area contributed by atoms with E-state index in [2.05, 4.69) is 0 Å². The fourth-order valence-electron chi connectivity index (χ4n) is 1.65. The van der Waals surface area contributed by atoms with Crippen molar-refractivity contribution in [1.82, 2.24) is 0 Å². The summed E-state index contributed by atoms with van der Waals surface area (Å²) in [7, 11) is 0. The van der Waals surface area contributed by atoms with Crippen molar-refractivity contribution in [2.24, 2.45) is 0 Å². The largest absolute Gasteiger partial charge is 0.387 e. The van der Waals surface area contributed by atoms with Crippen LogP contribution in [0.2, 0.25) is 0 Å². The molecular weight excluding hydrogens is 160 g/mol. The number of fused-ring (bicyclic) bond motifs is 1. The van der Waals surface area contributed by atoms with Crippen LogP contribution in [0.1, 0.15) is 20.8 Å². The van der Waals surface area contributed by atoms with Gasteiger partial charge < -0.3 is 19.3 Å². The van der Waals surface area contributed by atoms with Gasteiger partial charge >= 0.3 is 0 Å². The third kappa shape index (κ3) is 1.15. The molecule has 4 heteroatoms. The fourth-order valence-corrected chi connectivity index (χ4v) is 1.65. The molecule has 0 aromatic rings. The molecule has 70 valence electrons. The zero-order valence-electron chi connectivity index (χ0n) is 7.48. The van der Waals surface area contributed by atoms with Gasteiger partial charge in [-0.15, -0.1) is 0 Å². The molecule has 0 aliphatic carbocycles. The second-order valence-corrected chi connectivity index (χ2v) is 3.80. The van der Waals surface area contributed by atoms with Crippen LogP contribution in [0.25, 0.3) is 0 Å². The van der Waals surface area contributed by atoms with Crippen LogP contribution in [0.5, 0.6) is 0 Å². The molecule has 4 atom stereocenters. The topological polar surface area (TPSA) is 47.9 Å². The van der Waals surface area contributed by atoms with Gasteiger partial charge in [-0.05, 0) is 20.8 Å². The number of aliphatic hydroxyl groups excluding tert-OH is 1. The second kappa shape index (κ2) is 2.42. The van der Waals surface area contributed by atoms with E-state index in [0.717, 1.165) is 0 Å². The first-order valence-electron chi connectivity index (χ1n) is 4.19. The Morgan fingerprint density at radius 2 is 1.92 bits per heavy atom. The lowest BCUT2D eigenvalue weighted by Gasteiger charge is -2.20. The van der Waals surface area contributed by atoms with Crippen LogP contribution in [-0.2, 0) is 14.2 Å². The zero-order chi connectivity index (χ0) is 8.93. The van der Waals surface area contributed by atoms with E-state index in [1.165, 1.54) is 0 Å². The predicted octanol–water partition coefficient (Wildman–Crippen LogP) is 0.244. The van der Waals surface area contributed by atoms with Gasteiger partial charge in [-0.1, -0.05) is 0 Å². The van der Waals surface area contributed by atoms with Gasteiger partial charge in [-0.2, -0.15) is 0 Å². The first kappa shape index (κ1) is 8.44. The van der Waals surface area contributed by atoms with Crippen molar-refractivity contribution in [1.29, 1.82) is 0 Å². The van der Waals surface area contributed by atoms with Gasteiger partial charge in [0.15, 0.2) is 12.1 Å². The SMILES string of the molecule is C[C@H]1O[C@@H]2OC(C)(C)O[C@@H]2[C@H]1O. The lowest BCUT2D eigenvalue weighted by molar-refractivity contribution is -0.212. The summed E-state index contributed by atoms with van der Waals surface area (Å²) >= 11 is 0. The van der Waals surface area contributed by atoms with E-state index in [0.29, 0.717) is 0 Å². The maximum absolute atomic E-state index is 9.57. The molecule has 0 aromatic carbocycles. The Morgan fingerprint density at radius 1 is 1.25 bits per heavy atom. The Bertz CT molecular complexity index is 191. The molecule has 2 saturated heterocycles. The minimum atomic E-state index is -0.629. The van der Waals surface area contributed by atoms with Gasteiger partial charge in [-0.3, -0.25) is 0 Å². The molecule has 2 heterocycles. The Hall–Kier alpha value is -0.160. The maximum Gasteiger partial charge on any atom is 0.190 e. The summed E-state index contributed by atoms with van der Waals surface area (Å²) in [5.41, 5.74) is 0. The average Bonchev–Trinajstić information content (AvgIpc) is 2.33. The van der Waals surface area contributed by atoms with E-state index >= 15 is 0 Å². The van der Waals surface area contributed by atoms with Crippen LogP contribution < -0.4 is 0 Å². The van der Waals surface area contributed by atoms with Gasteiger partial charge in [-0.25, -0.2) is 0 Å². The summed E-state index contributed by atoms with van der Waals surface area (Å²) in [6.45, 7) is 5.43. The molecule has 0 aromatic heterocycles. The smallest absolute Gasteiger partial charge is 0.190 e. The van der Waals surface area contributed by atoms with Crippen LogP contribution >= 0.6 is 0 Å². The highest BCUT2D eigenvalue weighted by Gasteiger charge is 2.52.